The Morgan fingerprint density at radius 2 is 1.81 bits per heavy atom. The molecule has 0 radical (unpaired) electrons. The van der Waals surface area contributed by atoms with E-state index in [1.807, 2.05) is 0 Å². The van der Waals surface area contributed by atoms with Crippen LogP contribution in [0.25, 0.3) is 0 Å². The van der Waals surface area contributed by atoms with Crippen LogP contribution in [-0.4, -0.2) is 43.4 Å². The lowest BCUT2D eigenvalue weighted by atomic mass is 10.2. The maximum Gasteiger partial charge on any atom is 0.0984 e. The standard InChI is InChI=1S/C13H21NO2/c1-3-5-11(6-4-2)14(7-12-9-15-12)8-13-10-16-13/h3,5-6,12-13H,4,7-10H2,1-2H3/b5-3-,11-6+. The lowest BCUT2D eigenvalue weighted by Gasteiger charge is -2.24. The number of hydrogen-bond donors (Lipinski definition) is 0. The van der Waals surface area contributed by atoms with Crippen molar-refractivity contribution in [2.24, 2.45) is 0 Å². The summed E-state index contributed by atoms with van der Waals surface area (Å²) in [6.07, 6.45) is 8.47. The van der Waals surface area contributed by atoms with Gasteiger partial charge in [0, 0.05) is 18.8 Å². The molecule has 2 rings (SSSR count). The zero-order valence-corrected chi connectivity index (χ0v) is 10.2. The second kappa shape index (κ2) is 5.51. The average molecular weight is 223 g/mol. The molecule has 90 valence electrons. The fourth-order valence-electron chi connectivity index (χ4n) is 1.81. The molecule has 3 heteroatoms. The fraction of sp³-hybridized carbons (Fsp3) is 0.692. The molecular weight excluding hydrogens is 202 g/mol. The molecule has 0 aromatic heterocycles. The van der Waals surface area contributed by atoms with Gasteiger partial charge in [-0.2, -0.15) is 0 Å². The van der Waals surface area contributed by atoms with Crippen LogP contribution >= 0.6 is 0 Å². The van der Waals surface area contributed by atoms with E-state index in [2.05, 4.69) is 37.0 Å². The van der Waals surface area contributed by atoms with Crippen LogP contribution in [0.2, 0.25) is 0 Å². The number of rotatable bonds is 7. The Balaban J connectivity index is 1.96. The van der Waals surface area contributed by atoms with Crippen molar-refractivity contribution in [2.45, 2.75) is 32.5 Å². The average Bonchev–Trinajstić information content (AvgIpc) is 3.10. The van der Waals surface area contributed by atoms with Gasteiger partial charge in [-0.05, 0) is 19.4 Å². The molecule has 0 N–H and O–H groups in total. The molecule has 2 saturated heterocycles. The maximum absolute atomic E-state index is 5.31. The van der Waals surface area contributed by atoms with Crippen LogP contribution in [0.5, 0.6) is 0 Å². The highest BCUT2D eigenvalue weighted by molar-refractivity contribution is 5.18. The van der Waals surface area contributed by atoms with E-state index in [9.17, 15) is 0 Å². The van der Waals surface area contributed by atoms with Gasteiger partial charge >= 0.3 is 0 Å². The quantitative estimate of drug-likeness (QED) is 0.488. The van der Waals surface area contributed by atoms with Gasteiger partial charge in [0.1, 0.15) is 0 Å². The van der Waals surface area contributed by atoms with E-state index in [4.69, 9.17) is 9.47 Å². The minimum absolute atomic E-state index is 0.435. The number of hydrogen-bond acceptors (Lipinski definition) is 3. The van der Waals surface area contributed by atoms with E-state index in [-0.39, 0.29) is 0 Å². The summed E-state index contributed by atoms with van der Waals surface area (Å²) >= 11 is 0. The van der Waals surface area contributed by atoms with E-state index in [0.29, 0.717) is 12.2 Å². The first-order valence-corrected chi connectivity index (χ1v) is 6.14. The van der Waals surface area contributed by atoms with Crippen molar-refractivity contribution in [1.29, 1.82) is 0 Å². The molecule has 2 atom stereocenters. The third kappa shape index (κ3) is 3.65. The summed E-state index contributed by atoms with van der Waals surface area (Å²) < 4.78 is 10.6. The number of epoxide rings is 2. The molecule has 3 nitrogen and oxygen atoms in total. The van der Waals surface area contributed by atoms with Crippen molar-refractivity contribution in [3.8, 4) is 0 Å². The predicted octanol–water partition coefficient (Wildman–Crippen LogP) is 1.96. The molecule has 2 aliphatic heterocycles. The normalized spacial score (nSPS) is 28.5. The second-order valence-electron chi connectivity index (χ2n) is 4.35. The fourth-order valence-corrected chi connectivity index (χ4v) is 1.81. The summed E-state index contributed by atoms with van der Waals surface area (Å²) in [5.74, 6) is 0. The first kappa shape index (κ1) is 11.7. The lowest BCUT2D eigenvalue weighted by molar-refractivity contribution is 0.267. The summed E-state index contributed by atoms with van der Waals surface area (Å²) in [7, 11) is 0. The number of ether oxygens (including phenoxy) is 2. The highest BCUT2D eigenvalue weighted by Crippen LogP contribution is 2.20. The van der Waals surface area contributed by atoms with Gasteiger partial charge in [-0.1, -0.05) is 19.1 Å². The van der Waals surface area contributed by atoms with Crippen LogP contribution in [-0.2, 0) is 9.47 Å². The van der Waals surface area contributed by atoms with E-state index in [0.717, 1.165) is 32.7 Å². The first-order valence-electron chi connectivity index (χ1n) is 6.14. The maximum atomic E-state index is 5.31. The molecule has 16 heavy (non-hydrogen) atoms. The van der Waals surface area contributed by atoms with Crippen molar-refractivity contribution in [3.05, 3.63) is 23.9 Å². The summed E-state index contributed by atoms with van der Waals surface area (Å²) in [6, 6.07) is 0. The van der Waals surface area contributed by atoms with Gasteiger partial charge in [0.05, 0.1) is 25.4 Å². The summed E-state index contributed by atoms with van der Waals surface area (Å²) in [5.41, 5.74) is 1.30. The van der Waals surface area contributed by atoms with Gasteiger partial charge < -0.3 is 14.4 Å². The Morgan fingerprint density at radius 1 is 1.25 bits per heavy atom. The Hall–Kier alpha value is -0.800. The molecule has 0 saturated carbocycles. The smallest absolute Gasteiger partial charge is 0.0984 e. The molecule has 0 aromatic rings. The van der Waals surface area contributed by atoms with Gasteiger partial charge in [-0.15, -0.1) is 0 Å². The molecular formula is C13H21NO2. The van der Waals surface area contributed by atoms with Crippen molar-refractivity contribution in [2.75, 3.05) is 26.3 Å². The molecule has 0 amide bonds. The van der Waals surface area contributed by atoms with E-state index >= 15 is 0 Å². The molecule has 0 bridgehead atoms. The molecule has 0 spiro atoms. The Labute approximate surface area is 97.7 Å². The van der Waals surface area contributed by atoms with Crippen molar-refractivity contribution >= 4 is 0 Å². The van der Waals surface area contributed by atoms with E-state index in [1.54, 1.807) is 0 Å². The van der Waals surface area contributed by atoms with Gasteiger partial charge in [0.2, 0.25) is 0 Å². The van der Waals surface area contributed by atoms with Gasteiger partial charge in [0.15, 0.2) is 0 Å². The molecule has 0 aromatic carbocycles. The Kier molecular flexibility index (Phi) is 4.02. The topological polar surface area (TPSA) is 28.3 Å². The van der Waals surface area contributed by atoms with Crippen LogP contribution in [0.4, 0.5) is 0 Å². The van der Waals surface area contributed by atoms with Gasteiger partial charge in [0.25, 0.3) is 0 Å². The predicted molar refractivity (Wildman–Crippen MR) is 64.2 cm³/mol. The third-order valence-electron chi connectivity index (χ3n) is 2.77. The minimum atomic E-state index is 0.435. The monoisotopic (exact) mass is 223 g/mol. The van der Waals surface area contributed by atoms with Crippen LogP contribution < -0.4 is 0 Å². The Bertz CT molecular complexity index is 264. The van der Waals surface area contributed by atoms with Gasteiger partial charge in [-0.25, -0.2) is 0 Å². The summed E-state index contributed by atoms with van der Waals surface area (Å²) in [5, 5.41) is 0. The molecule has 2 heterocycles. The molecule has 2 aliphatic rings. The van der Waals surface area contributed by atoms with Crippen molar-refractivity contribution in [3.63, 3.8) is 0 Å². The highest BCUT2D eigenvalue weighted by Gasteiger charge is 2.30. The van der Waals surface area contributed by atoms with Crippen molar-refractivity contribution in [1.82, 2.24) is 4.90 Å². The molecule has 2 fully saturated rings. The van der Waals surface area contributed by atoms with Crippen LogP contribution in [0.1, 0.15) is 20.3 Å². The van der Waals surface area contributed by atoms with Gasteiger partial charge in [-0.3, -0.25) is 0 Å². The zero-order valence-electron chi connectivity index (χ0n) is 10.2. The summed E-state index contributed by atoms with van der Waals surface area (Å²) in [6.45, 7) is 8.05. The lowest BCUT2D eigenvalue weighted by Crippen LogP contribution is -2.30. The summed E-state index contributed by atoms with van der Waals surface area (Å²) in [4.78, 5) is 2.39. The van der Waals surface area contributed by atoms with Crippen LogP contribution in [0.3, 0.4) is 0 Å². The van der Waals surface area contributed by atoms with Crippen molar-refractivity contribution < 1.29 is 9.47 Å². The Morgan fingerprint density at radius 3 is 2.19 bits per heavy atom. The number of allylic oxidation sites excluding steroid dienone is 3. The van der Waals surface area contributed by atoms with E-state index < -0.39 is 0 Å². The molecule has 0 aliphatic carbocycles. The highest BCUT2D eigenvalue weighted by atomic mass is 16.6. The first-order chi connectivity index (χ1) is 7.83. The number of nitrogens with zero attached hydrogens (tertiary/aromatic N) is 1. The van der Waals surface area contributed by atoms with E-state index in [1.165, 1.54) is 5.70 Å². The largest absolute Gasteiger partial charge is 0.371 e. The second-order valence-corrected chi connectivity index (χ2v) is 4.35. The third-order valence-corrected chi connectivity index (χ3v) is 2.77. The molecule has 2 unspecified atom stereocenters. The van der Waals surface area contributed by atoms with Crippen LogP contribution in [0.15, 0.2) is 23.9 Å². The minimum Gasteiger partial charge on any atom is -0.371 e. The zero-order chi connectivity index (χ0) is 11.4. The van der Waals surface area contributed by atoms with Crippen LogP contribution in [0, 0.1) is 0 Å². The SMILES string of the molecule is C/C=C\C(=C/CC)N(CC1CO1)CC1CO1.